The maximum atomic E-state index is 12.7. The number of thioether (sulfide) groups is 1. The van der Waals surface area contributed by atoms with E-state index in [9.17, 15) is 14.9 Å². The van der Waals surface area contributed by atoms with Gasteiger partial charge in [0, 0.05) is 9.69 Å². The molecule has 0 radical (unpaired) electrons. The van der Waals surface area contributed by atoms with E-state index in [-0.39, 0.29) is 11.7 Å². The average molecular weight is 436 g/mol. The normalized spacial score (nSPS) is 18.5. The molecule has 26 heavy (non-hydrogen) atoms. The maximum Gasteiger partial charge on any atom is 0.433 e. The molecule has 3 heterocycles. The number of nitrogens with zero attached hydrogens (tertiary/aromatic N) is 4. The van der Waals surface area contributed by atoms with Gasteiger partial charge in [-0.25, -0.2) is 10.0 Å². The van der Waals surface area contributed by atoms with Gasteiger partial charge in [-0.15, -0.1) is 5.10 Å². The molecule has 0 saturated carbocycles. The van der Waals surface area contributed by atoms with Crippen LogP contribution in [0.15, 0.2) is 49.3 Å². The molecule has 1 aromatic carbocycles. The van der Waals surface area contributed by atoms with E-state index in [1.54, 1.807) is 24.5 Å². The molecule has 9 nitrogen and oxygen atoms in total. The van der Waals surface area contributed by atoms with Crippen molar-refractivity contribution in [2.75, 3.05) is 6.26 Å². The summed E-state index contributed by atoms with van der Waals surface area (Å²) in [7, 11) is 0. The molecule has 132 valence electrons. The number of fused-ring (bicyclic) bond motifs is 2. The van der Waals surface area contributed by atoms with Crippen molar-refractivity contribution in [2.24, 2.45) is 10.1 Å². The van der Waals surface area contributed by atoms with E-state index < -0.39 is 17.0 Å². The Morgan fingerprint density at radius 2 is 2.19 bits per heavy atom. The highest BCUT2D eigenvalue weighted by molar-refractivity contribution is 9.10. The molecule has 1 N–H and O–H groups in total. The van der Waals surface area contributed by atoms with Gasteiger partial charge in [-0.3, -0.25) is 20.2 Å². The highest BCUT2D eigenvalue weighted by Gasteiger charge is 2.36. The van der Waals surface area contributed by atoms with Crippen molar-refractivity contribution in [3.05, 3.63) is 61.3 Å². The van der Waals surface area contributed by atoms with Gasteiger partial charge in [-0.05, 0) is 30.5 Å². The number of hydrogen-bond acceptors (Lipinski definition) is 8. The molecule has 0 bridgehead atoms. The minimum atomic E-state index is -0.819. The standard InChI is InChI=1S/C15H10BrN5O4S/c1-26-15-18-14(22)12-8-6-7(16)2-3-9(8)17-13(20(12)19-15)10-4-5-11(25-10)21(23)24/h2-6,13H,1H3,(H,18,19,22). The van der Waals surface area contributed by atoms with Gasteiger partial charge in [-0.1, -0.05) is 27.7 Å². The summed E-state index contributed by atoms with van der Waals surface area (Å²) in [5, 5.41) is 21.1. The van der Waals surface area contributed by atoms with Crippen molar-refractivity contribution < 1.29 is 14.1 Å². The van der Waals surface area contributed by atoms with Crippen molar-refractivity contribution in [2.45, 2.75) is 6.17 Å². The Morgan fingerprint density at radius 3 is 2.88 bits per heavy atom. The molecule has 1 amide bonds. The number of carbonyl (C=O) groups is 1. The van der Waals surface area contributed by atoms with Crippen LogP contribution in [0.25, 0.3) is 5.70 Å². The molecule has 11 heteroatoms. The Kier molecular flexibility index (Phi) is 4.04. The predicted octanol–water partition coefficient (Wildman–Crippen LogP) is 1.46. The summed E-state index contributed by atoms with van der Waals surface area (Å²) in [6.07, 6.45) is 0.961. The molecule has 2 aliphatic rings. The third kappa shape index (κ3) is 2.69. The van der Waals surface area contributed by atoms with Crippen molar-refractivity contribution in [3.63, 3.8) is 0 Å². The first kappa shape index (κ1) is 16.8. The minimum Gasteiger partial charge on any atom is -0.401 e. The lowest BCUT2D eigenvalue weighted by atomic mass is 10.1. The number of halogens is 1. The number of nitro groups is 1. The topological polar surface area (TPSA) is 113 Å². The van der Waals surface area contributed by atoms with Gasteiger partial charge in [0.1, 0.15) is 10.6 Å². The molecule has 0 saturated heterocycles. The Balaban J connectivity index is 1.97. The smallest absolute Gasteiger partial charge is 0.401 e. The first-order valence-electron chi connectivity index (χ1n) is 7.33. The lowest BCUT2D eigenvalue weighted by molar-refractivity contribution is -0.402. The summed E-state index contributed by atoms with van der Waals surface area (Å²) < 4.78 is 6.10. The third-order valence-electron chi connectivity index (χ3n) is 3.81. The van der Waals surface area contributed by atoms with E-state index in [1.165, 1.54) is 28.9 Å². The summed E-state index contributed by atoms with van der Waals surface area (Å²) in [5.41, 5.74) is 0.304. The number of amides is 1. The van der Waals surface area contributed by atoms with Crippen LogP contribution < -0.4 is 15.9 Å². The second kappa shape index (κ2) is 6.25. The van der Waals surface area contributed by atoms with Crippen LogP contribution in [0.2, 0.25) is 0 Å². The largest absolute Gasteiger partial charge is 0.433 e. The number of nitrogens with one attached hydrogen (secondary N) is 1. The average Bonchev–Trinajstić information content (AvgIpc) is 3.10. The third-order valence-corrected chi connectivity index (χ3v) is 4.87. The summed E-state index contributed by atoms with van der Waals surface area (Å²) in [5.74, 6) is -0.500. The molecule has 1 atom stereocenters. The fourth-order valence-electron chi connectivity index (χ4n) is 2.71. The van der Waals surface area contributed by atoms with Crippen LogP contribution in [-0.2, 0) is 4.79 Å². The van der Waals surface area contributed by atoms with Crippen LogP contribution in [0, 0.1) is 10.1 Å². The van der Waals surface area contributed by atoms with Gasteiger partial charge in [0.05, 0.1) is 11.4 Å². The van der Waals surface area contributed by atoms with Gasteiger partial charge in [0.2, 0.25) is 6.17 Å². The number of hydrazone groups is 1. The van der Waals surface area contributed by atoms with Gasteiger partial charge >= 0.3 is 5.88 Å². The van der Waals surface area contributed by atoms with Crippen LogP contribution in [0.4, 0.5) is 5.88 Å². The Labute approximate surface area is 158 Å². The van der Waals surface area contributed by atoms with Crippen LogP contribution in [0.5, 0.6) is 0 Å². The van der Waals surface area contributed by atoms with E-state index in [0.717, 1.165) is 4.47 Å². The van der Waals surface area contributed by atoms with Crippen molar-refractivity contribution in [3.8, 4) is 0 Å². The Hall–Kier alpha value is -2.66. The number of hydrogen-bond donors (Lipinski definition) is 1. The van der Waals surface area contributed by atoms with E-state index in [2.05, 4.69) is 31.3 Å². The lowest BCUT2D eigenvalue weighted by Crippen LogP contribution is -2.50. The van der Waals surface area contributed by atoms with Gasteiger partial charge in [-0.2, -0.15) is 0 Å². The fraction of sp³-hybridized carbons (Fsp3) is 0.133. The van der Waals surface area contributed by atoms with Gasteiger partial charge in [0.25, 0.3) is 5.91 Å². The second-order valence-corrected chi connectivity index (χ2v) is 7.06. The highest BCUT2D eigenvalue weighted by Crippen LogP contribution is 2.33. The molecule has 0 fully saturated rings. The first-order chi connectivity index (χ1) is 12.5. The number of benzene rings is 1. The monoisotopic (exact) mass is 435 g/mol. The number of rotatable bonds is 2. The SMILES string of the molecule is CSC1=NN2C(=c3cc(Br)ccc3=NC2c2ccc([N+](=O)[O-])o2)C(=O)N1. The quantitative estimate of drug-likeness (QED) is 0.564. The van der Waals surface area contributed by atoms with Crippen LogP contribution >= 0.6 is 27.7 Å². The molecule has 0 spiro atoms. The molecular weight excluding hydrogens is 426 g/mol. The Morgan fingerprint density at radius 1 is 1.38 bits per heavy atom. The van der Waals surface area contributed by atoms with Crippen LogP contribution in [-0.4, -0.2) is 27.3 Å². The van der Waals surface area contributed by atoms with E-state index >= 15 is 0 Å². The first-order valence-corrected chi connectivity index (χ1v) is 9.34. The molecule has 1 aromatic heterocycles. The number of furan rings is 1. The molecule has 0 aliphatic carbocycles. The van der Waals surface area contributed by atoms with E-state index in [1.807, 2.05) is 0 Å². The summed E-state index contributed by atoms with van der Waals surface area (Å²) in [4.78, 5) is 27.6. The summed E-state index contributed by atoms with van der Waals surface area (Å²) in [6.45, 7) is 0. The molecular formula is C15H10BrN5O4S. The predicted molar refractivity (Wildman–Crippen MR) is 97.4 cm³/mol. The second-order valence-electron chi connectivity index (χ2n) is 5.35. The molecule has 2 aliphatic heterocycles. The fourth-order valence-corrected chi connectivity index (χ4v) is 3.43. The number of carbonyl (C=O) groups excluding carboxylic acids is 1. The van der Waals surface area contributed by atoms with Crippen molar-refractivity contribution in [1.82, 2.24) is 10.3 Å². The van der Waals surface area contributed by atoms with E-state index in [0.29, 0.717) is 21.4 Å². The molecule has 1 unspecified atom stereocenters. The zero-order valence-corrected chi connectivity index (χ0v) is 15.6. The van der Waals surface area contributed by atoms with Crippen LogP contribution in [0.1, 0.15) is 11.9 Å². The zero-order chi connectivity index (χ0) is 18.4. The minimum absolute atomic E-state index is 0.224. The van der Waals surface area contributed by atoms with Gasteiger partial charge in [0.15, 0.2) is 10.9 Å². The molecule has 4 rings (SSSR count). The zero-order valence-electron chi connectivity index (χ0n) is 13.2. The summed E-state index contributed by atoms with van der Waals surface area (Å²) >= 11 is 4.66. The van der Waals surface area contributed by atoms with Crippen LogP contribution in [0.3, 0.4) is 0 Å². The highest BCUT2D eigenvalue weighted by atomic mass is 79.9. The maximum absolute atomic E-state index is 12.7. The van der Waals surface area contributed by atoms with Gasteiger partial charge < -0.3 is 4.42 Å². The Bertz CT molecular complexity index is 1100. The van der Waals surface area contributed by atoms with Crippen molar-refractivity contribution >= 4 is 50.3 Å². The summed E-state index contributed by atoms with van der Waals surface area (Å²) in [6, 6.07) is 8.06. The van der Waals surface area contributed by atoms with Crippen molar-refractivity contribution in [1.29, 1.82) is 0 Å². The molecule has 2 aromatic rings. The number of amidine groups is 1. The lowest BCUT2D eigenvalue weighted by Gasteiger charge is -2.32. The van der Waals surface area contributed by atoms with E-state index in [4.69, 9.17) is 4.42 Å².